The van der Waals surface area contributed by atoms with E-state index in [0.717, 1.165) is 32.4 Å². The molecule has 0 aliphatic carbocycles. The highest BCUT2D eigenvalue weighted by molar-refractivity contribution is 5.88. The van der Waals surface area contributed by atoms with Crippen molar-refractivity contribution < 1.29 is 9.59 Å². The van der Waals surface area contributed by atoms with E-state index in [1.165, 1.54) is 0 Å². The number of hydrogen-bond donors (Lipinski definition) is 2. The van der Waals surface area contributed by atoms with Crippen molar-refractivity contribution >= 4 is 11.8 Å². The fourth-order valence-corrected chi connectivity index (χ4v) is 2.93. The summed E-state index contributed by atoms with van der Waals surface area (Å²) in [6.07, 6.45) is 2.76. The van der Waals surface area contributed by atoms with Crippen LogP contribution < -0.4 is 10.6 Å². The second-order valence-electron chi connectivity index (χ2n) is 6.00. The first-order valence-corrected chi connectivity index (χ1v) is 7.74. The van der Waals surface area contributed by atoms with E-state index >= 15 is 0 Å². The van der Waals surface area contributed by atoms with E-state index in [2.05, 4.69) is 17.6 Å². The zero-order chi connectivity index (χ0) is 15.2. The molecule has 0 bridgehead atoms. The molecule has 5 heteroatoms. The number of likely N-dealkylation sites (N-methyl/N-ethyl adjacent to an activating group) is 1. The van der Waals surface area contributed by atoms with Crippen molar-refractivity contribution in [3.8, 4) is 0 Å². The van der Waals surface area contributed by atoms with E-state index in [4.69, 9.17) is 0 Å². The van der Waals surface area contributed by atoms with E-state index < -0.39 is 0 Å². The summed E-state index contributed by atoms with van der Waals surface area (Å²) in [5, 5.41) is 6.14. The summed E-state index contributed by atoms with van der Waals surface area (Å²) in [4.78, 5) is 26.4. The molecule has 0 saturated carbocycles. The molecule has 20 heavy (non-hydrogen) atoms. The van der Waals surface area contributed by atoms with Crippen LogP contribution in [0.2, 0.25) is 0 Å². The molecule has 0 aromatic rings. The standard InChI is InChI=1S/C15H29N3O2/c1-5-7-15(8-9-16-11-15)14(20)18(6-2)10-13(19)17-12(3)4/h12,16H,5-11H2,1-4H3,(H,17,19). The van der Waals surface area contributed by atoms with Gasteiger partial charge in [0.05, 0.1) is 12.0 Å². The molecule has 1 saturated heterocycles. The molecule has 1 heterocycles. The van der Waals surface area contributed by atoms with Gasteiger partial charge in [0.25, 0.3) is 0 Å². The third-order valence-corrected chi connectivity index (χ3v) is 3.88. The summed E-state index contributed by atoms with van der Waals surface area (Å²) < 4.78 is 0. The monoisotopic (exact) mass is 283 g/mol. The minimum atomic E-state index is -0.303. The van der Waals surface area contributed by atoms with Gasteiger partial charge in [0.15, 0.2) is 0 Å². The van der Waals surface area contributed by atoms with Gasteiger partial charge in [-0.3, -0.25) is 9.59 Å². The Bertz CT molecular complexity index is 336. The van der Waals surface area contributed by atoms with E-state index in [-0.39, 0.29) is 29.8 Å². The number of rotatable bonds is 7. The third kappa shape index (κ3) is 4.20. The maximum absolute atomic E-state index is 12.8. The SMILES string of the molecule is CCCC1(C(=O)N(CC)CC(=O)NC(C)C)CCNC1. The maximum atomic E-state index is 12.8. The lowest BCUT2D eigenvalue weighted by Gasteiger charge is -2.33. The Hall–Kier alpha value is -1.10. The van der Waals surface area contributed by atoms with Crippen molar-refractivity contribution in [1.82, 2.24) is 15.5 Å². The predicted molar refractivity (Wildman–Crippen MR) is 80.4 cm³/mol. The lowest BCUT2D eigenvalue weighted by Crippen LogP contribution is -2.49. The Morgan fingerprint density at radius 1 is 1.35 bits per heavy atom. The third-order valence-electron chi connectivity index (χ3n) is 3.88. The van der Waals surface area contributed by atoms with Crippen molar-refractivity contribution in [2.45, 2.75) is 53.0 Å². The molecular weight excluding hydrogens is 254 g/mol. The number of nitrogens with one attached hydrogen (secondary N) is 2. The lowest BCUT2D eigenvalue weighted by atomic mass is 9.81. The largest absolute Gasteiger partial charge is 0.352 e. The molecule has 2 amide bonds. The number of carbonyl (C=O) groups excluding carboxylic acids is 2. The Morgan fingerprint density at radius 3 is 2.50 bits per heavy atom. The molecule has 2 N–H and O–H groups in total. The molecule has 0 radical (unpaired) electrons. The van der Waals surface area contributed by atoms with Crippen molar-refractivity contribution in [2.24, 2.45) is 5.41 Å². The van der Waals surface area contributed by atoms with Gasteiger partial charge in [0.2, 0.25) is 11.8 Å². The van der Waals surface area contributed by atoms with Crippen LogP contribution in [0.15, 0.2) is 0 Å². The second kappa shape index (κ2) is 7.62. The summed E-state index contributed by atoms with van der Waals surface area (Å²) in [5.74, 6) is 0.0542. The zero-order valence-electron chi connectivity index (χ0n) is 13.3. The van der Waals surface area contributed by atoms with E-state index in [0.29, 0.717) is 6.54 Å². The Kier molecular flexibility index (Phi) is 6.46. The van der Waals surface area contributed by atoms with Crippen molar-refractivity contribution in [2.75, 3.05) is 26.2 Å². The number of carbonyl (C=O) groups is 2. The fraction of sp³-hybridized carbons (Fsp3) is 0.867. The van der Waals surface area contributed by atoms with Crippen molar-refractivity contribution in [3.05, 3.63) is 0 Å². The van der Waals surface area contributed by atoms with E-state index in [9.17, 15) is 9.59 Å². The summed E-state index contributed by atoms with van der Waals surface area (Å²) >= 11 is 0. The average Bonchev–Trinajstić information content (AvgIpc) is 2.84. The van der Waals surface area contributed by atoms with Crippen LogP contribution >= 0.6 is 0 Å². The zero-order valence-corrected chi connectivity index (χ0v) is 13.3. The Balaban J connectivity index is 2.72. The molecule has 1 unspecified atom stereocenters. The van der Waals surface area contributed by atoms with Gasteiger partial charge in [-0.25, -0.2) is 0 Å². The molecule has 1 aliphatic rings. The average molecular weight is 283 g/mol. The minimum absolute atomic E-state index is 0.0761. The molecule has 5 nitrogen and oxygen atoms in total. The smallest absolute Gasteiger partial charge is 0.239 e. The predicted octanol–water partition coefficient (Wildman–Crippen LogP) is 1.14. The van der Waals surface area contributed by atoms with Crippen LogP contribution in [0.3, 0.4) is 0 Å². The first kappa shape index (κ1) is 17.0. The van der Waals surface area contributed by atoms with Crippen LogP contribution in [0.4, 0.5) is 0 Å². The van der Waals surface area contributed by atoms with Crippen LogP contribution in [0.25, 0.3) is 0 Å². The van der Waals surface area contributed by atoms with Gasteiger partial charge in [0, 0.05) is 19.1 Å². The van der Waals surface area contributed by atoms with Gasteiger partial charge >= 0.3 is 0 Å². The summed E-state index contributed by atoms with van der Waals surface area (Å²) in [7, 11) is 0. The van der Waals surface area contributed by atoms with E-state index in [1.54, 1.807) is 4.90 Å². The molecule has 1 rings (SSSR count). The molecule has 116 valence electrons. The van der Waals surface area contributed by atoms with Gasteiger partial charge in [0.1, 0.15) is 0 Å². The minimum Gasteiger partial charge on any atom is -0.352 e. The Morgan fingerprint density at radius 2 is 2.05 bits per heavy atom. The molecule has 0 aromatic carbocycles. The van der Waals surface area contributed by atoms with Crippen LogP contribution in [0.5, 0.6) is 0 Å². The summed E-state index contributed by atoms with van der Waals surface area (Å²) in [6, 6.07) is 0.106. The van der Waals surface area contributed by atoms with Gasteiger partial charge < -0.3 is 15.5 Å². The molecule has 1 aliphatic heterocycles. The normalized spacial score (nSPS) is 22.1. The molecular formula is C15H29N3O2. The first-order chi connectivity index (χ1) is 9.45. The van der Waals surface area contributed by atoms with Crippen LogP contribution in [-0.2, 0) is 9.59 Å². The van der Waals surface area contributed by atoms with Crippen LogP contribution in [0, 0.1) is 5.41 Å². The molecule has 1 fully saturated rings. The van der Waals surface area contributed by atoms with Crippen LogP contribution in [-0.4, -0.2) is 48.9 Å². The van der Waals surface area contributed by atoms with E-state index in [1.807, 2.05) is 20.8 Å². The molecule has 0 spiro atoms. The quantitative estimate of drug-likeness (QED) is 0.736. The molecule has 1 atom stereocenters. The maximum Gasteiger partial charge on any atom is 0.239 e. The van der Waals surface area contributed by atoms with Gasteiger partial charge in [-0.15, -0.1) is 0 Å². The summed E-state index contributed by atoms with van der Waals surface area (Å²) in [5.41, 5.74) is -0.303. The fourth-order valence-electron chi connectivity index (χ4n) is 2.93. The van der Waals surface area contributed by atoms with Gasteiger partial charge in [-0.2, -0.15) is 0 Å². The van der Waals surface area contributed by atoms with Crippen LogP contribution in [0.1, 0.15) is 47.0 Å². The highest BCUT2D eigenvalue weighted by Gasteiger charge is 2.42. The van der Waals surface area contributed by atoms with Gasteiger partial charge in [-0.1, -0.05) is 13.3 Å². The van der Waals surface area contributed by atoms with Crippen molar-refractivity contribution in [1.29, 1.82) is 0 Å². The van der Waals surface area contributed by atoms with Gasteiger partial charge in [-0.05, 0) is 40.2 Å². The second-order valence-corrected chi connectivity index (χ2v) is 6.00. The Labute approximate surface area is 122 Å². The number of hydrogen-bond acceptors (Lipinski definition) is 3. The number of nitrogens with zero attached hydrogens (tertiary/aromatic N) is 1. The highest BCUT2D eigenvalue weighted by atomic mass is 16.2. The van der Waals surface area contributed by atoms with Crippen molar-refractivity contribution in [3.63, 3.8) is 0 Å². The first-order valence-electron chi connectivity index (χ1n) is 7.74. The topological polar surface area (TPSA) is 61.4 Å². The highest BCUT2D eigenvalue weighted by Crippen LogP contribution is 2.33. The summed E-state index contributed by atoms with van der Waals surface area (Å²) in [6.45, 7) is 10.3. The molecule has 0 aromatic heterocycles. The number of amides is 2. The lowest BCUT2D eigenvalue weighted by molar-refractivity contribution is -0.144.